The molecular formula is C16H21NO3. The Morgan fingerprint density at radius 3 is 2.55 bits per heavy atom. The minimum atomic E-state index is -1.47. The molecule has 0 aliphatic carbocycles. The van der Waals surface area contributed by atoms with E-state index in [2.05, 4.69) is 6.58 Å². The topological polar surface area (TPSA) is 70.3 Å². The molecule has 1 unspecified atom stereocenters. The summed E-state index contributed by atoms with van der Waals surface area (Å²) < 4.78 is 4.92. The zero-order chi connectivity index (χ0) is 15.6. The van der Waals surface area contributed by atoms with Crippen molar-refractivity contribution in [2.24, 2.45) is 5.41 Å². The van der Waals surface area contributed by atoms with Crippen LogP contribution in [0.2, 0.25) is 0 Å². The van der Waals surface area contributed by atoms with Crippen molar-refractivity contribution in [2.75, 3.05) is 6.61 Å². The zero-order valence-electron chi connectivity index (χ0n) is 12.2. The van der Waals surface area contributed by atoms with Crippen LogP contribution in [0.5, 0.6) is 0 Å². The van der Waals surface area contributed by atoms with Crippen molar-refractivity contribution in [3.8, 4) is 6.07 Å². The predicted molar refractivity (Wildman–Crippen MR) is 78.8 cm³/mol. The summed E-state index contributed by atoms with van der Waals surface area (Å²) in [4.78, 5) is 11.9. The second-order valence-electron chi connectivity index (χ2n) is 4.16. The monoisotopic (exact) mass is 275 g/mol. The summed E-state index contributed by atoms with van der Waals surface area (Å²) in [5.74, 6) is -0.860. The van der Waals surface area contributed by atoms with Gasteiger partial charge in [0.2, 0.25) is 0 Å². The molecule has 108 valence electrons. The minimum absolute atomic E-state index is 0.0514. The number of carbonyl (C=O) groups excluding carboxylic acids is 1. The quantitative estimate of drug-likeness (QED) is 0.333. The molecule has 0 aromatic rings. The Morgan fingerprint density at radius 1 is 1.45 bits per heavy atom. The number of hydrogen-bond donors (Lipinski definition) is 1. The van der Waals surface area contributed by atoms with E-state index >= 15 is 0 Å². The van der Waals surface area contributed by atoms with E-state index in [4.69, 9.17) is 4.74 Å². The second kappa shape index (κ2) is 8.76. The number of rotatable bonds is 7. The lowest BCUT2D eigenvalue weighted by Gasteiger charge is -2.22. The molecule has 0 amide bonds. The predicted octanol–water partition coefficient (Wildman–Crippen LogP) is 3.60. The Balaban J connectivity index is 5.68. The molecule has 0 aliphatic rings. The first-order valence-electron chi connectivity index (χ1n) is 6.45. The molecule has 20 heavy (non-hydrogen) atoms. The molecule has 0 rings (SSSR count). The third-order valence-electron chi connectivity index (χ3n) is 2.68. The highest BCUT2D eigenvalue weighted by atomic mass is 16.5. The summed E-state index contributed by atoms with van der Waals surface area (Å²) in [6, 6.07) is 1.96. The number of esters is 1. The molecule has 0 bridgehead atoms. The average molecular weight is 275 g/mol. The van der Waals surface area contributed by atoms with Gasteiger partial charge in [0.05, 0.1) is 18.2 Å². The van der Waals surface area contributed by atoms with Crippen LogP contribution in [0.4, 0.5) is 0 Å². The molecule has 0 aliphatic heterocycles. The van der Waals surface area contributed by atoms with E-state index < -0.39 is 11.4 Å². The Bertz CT molecular complexity index is 480. The zero-order valence-corrected chi connectivity index (χ0v) is 12.2. The van der Waals surface area contributed by atoms with Gasteiger partial charge < -0.3 is 9.84 Å². The van der Waals surface area contributed by atoms with Crippen LogP contribution in [0.15, 0.2) is 48.3 Å². The maximum Gasteiger partial charge on any atom is 0.336 e. The van der Waals surface area contributed by atoms with Crippen molar-refractivity contribution in [3.63, 3.8) is 0 Å². The fourth-order valence-corrected chi connectivity index (χ4v) is 1.48. The summed E-state index contributed by atoms with van der Waals surface area (Å²) in [6.45, 7) is 8.79. The third kappa shape index (κ3) is 4.43. The lowest BCUT2D eigenvalue weighted by atomic mass is 9.80. The van der Waals surface area contributed by atoms with Gasteiger partial charge in [-0.05, 0) is 26.3 Å². The first-order valence-corrected chi connectivity index (χ1v) is 6.45. The molecule has 0 aromatic carbocycles. The van der Waals surface area contributed by atoms with Gasteiger partial charge in [-0.15, -0.1) is 0 Å². The van der Waals surface area contributed by atoms with Crippen LogP contribution in [-0.2, 0) is 9.53 Å². The van der Waals surface area contributed by atoms with Crippen LogP contribution in [0.25, 0.3) is 0 Å². The van der Waals surface area contributed by atoms with Gasteiger partial charge in [-0.1, -0.05) is 37.8 Å². The molecule has 1 N–H and O–H groups in total. The number of carbonyl (C=O) groups is 1. The van der Waals surface area contributed by atoms with Gasteiger partial charge in [0, 0.05) is 0 Å². The van der Waals surface area contributed by atoms with E-state index in [1.165, 1.54) is 25.2 Å². The van der Waals surface area contributed by atoms with Gasteiger partial charge in [0.25, 0.3) is 0 Å². The number of ether oxygens (including phenoxy) is 1. The first kappa shape index (κ1) is 17.7. The second-order valence-corrected chi connectivity index (χ2v) is 4.16. The molecule has 0 fully saturated rings. The highest BCUT2D eigenvalue weighted by Crippen LogP contribution is 2.34. The number of aliphatic hydroxyl groups excluding tert-OH is 1. The van der Waals surface area contributed by atoms with Crippen molar-refractivity contribution in [1.29, 1.82) is 5.26 Å². The van der Waals surface area contributed by atoms with Crippen LogP contribution in [0, 0.1) is 16.7 Å². The van der Waals surface area contributed by atoms with Gasteiger partial charge in [-0.25, -0.2) is 4.79 Å². The van der Waals surface area contributed by atoms with E-state index in [0.717, 1.165) is 6.42 Å². The van der Waals surface area contributed by atoms with E-state index in [9.17, 15) is 15.2 Å². The lowest BCUT2D eigenvalue weighted by Crippen LogP contribution is -2.27. The number of nitriles is 1. The molecule has 0 radical (unpaired) electrons. The van der Waals surface area contributed by atoms with Gasteiger partial charge in [0.15, 0.2) is 0 Å². The van der Waals surface area contributed by atoms with Gasteiger partial charge in [0.1, 0.15) is 11.2 Å². The SMILES string of the molecule is C=C/C=C(/C(=O)OCC)C(C)(C#N)/C(O)=C/C=C\CC. The number of nitrogens with zero attached hydrogens (tertiary/aromatic N) is 1. The van der Waals surface area contributed by atoms with Gasteiger partial charge in [-0.3, -0.25) is 0 Å². The van der Waals surface area contributed by atoms with Crippen LogP contribution in [-0.4, -0.2) is 17.7 Å². The van der Waals surface area contributed by atoms with Crippen LogP contribution in [0.1, 0.15) is 27.2 Å². The Hall–Kier alpha value is -2.28. The van der Waals surface area contributed by atoms with E-state index in [-0.39, 0.29) is 17.9 Å². The smallest absolute Gasteiger partial charge is 0.336 e. The molecule has 0 saturated heterocycles. The summed E-state index contributed by atoms with van der Waals surface area (Å²) >= 11 is 0. The van der Waals surface area contributed by atoms with Crippen LogP contribution >= 0.6 is 0 Å². The van der Waals surface area contributed by atoms with E-state index in [1.807, 2.05) is 19.1 Å². The molecule has 1 atom stereocenters. The fraction of sp³-hybridized carbons (Fsp3) is 0.375. The van der Waals surface area contributed by atoms with Crippen molar-refractivity contribution in [1.82, 2.24) is 0 Å². The maximum absolute atomic E-state index is 11.9. The van der Waals surface area contributed by atoms with Crippen molar-refractivity contribution < 1.29 is 14.6 Å². The fourth-order valence-electron chi connectivity index (χ4n) is 1.48. The van der Waals surface area contributed by atoms with E-state index in [0.29, 0.717) is 0 Å². The van der Waals surface area contributed by atoms with Gasteiger partial charge in [-0.2, -0.15) is 5.26 Å². The molecule has 0 saturated carbocycles. The summed E-state index contributed by atoms with van der Waals surface area (Å²) in [5.41, 5.74) is -1.42. The van der Waals surface area contributed by atoms with Crippen LogP contribution in [0.3, 0.4) is 0 Å². The normalized spacial score (nSPS) is 15.5. The van der Waals surface area contributed by atoms with Crippen molar-refractivity contribution >= 4 is 5.97 Å². The molecule has 0 aromatic heterocycles. The highest BCUT2D eigenvalue weighted by molar-refractivity contribution is 5.91. The largest absolute Gasteiger partial charge is 0.510 e. The molecule has 0 heterocycles. The average Bonchev–Trinajstić information content (AvgIpc) is 2.44. The molecule has 0 spiro atoms. The number of aliphatic hydroxyl groups is 1. The standard InChI is InChI=1S/C16H21NO3/c1-5-8-9-11-14(18)16(4,12-17)13(10-6-2)15(19)20-7-3/h6,8-11,18H,2,5,7H2,1,3-4H3/b9-8-,13-10-,14-11-. The molecular weight excluding hydrogens is 254 g/mol. The Labute approximate surface area is 120 Å². The first-order chi connectivity index (χ1) is 9.47. The van der Waals surface area contributed by atoms with Crippen molar-refractivity contribution in [2.45, 2.75) is 27.2 Å². The molecule has 4 heteroatoms. The van der Waals surface area contributed by atoms with Crippen molar-refractivity contribution in [3.05, 3.63) is 48.3 Å². The number of allylic oxidation sites excluding steroid dienone is 6. The summed E-state index contributed by atoms with van der Waals surface area (Å²) in [5, 5.41) is 19.5. The maximum atomic E-state index is 11.9. The Kier molecular flexibility index (Phi) is 7.76. The molecule has 4 nitrogen and oxygen atoms in total. The summed E-state index contributed by atoms with van der Waals surface area (Å²) in [7, 11) is 0. The third-order valence-corrected chi connectivity index (χ3v) is 2.68. The number of hydrogen-bond acceptors (Lipinski definition) is 4. The Morgan fingerprint density at radius 2 is 2.10 bits per heavy atom. The van der Waals surface area contributed by atoms with Gasteiger partial charge >= 0.3 is 5.97 Å². The highest BCUT2D eigenvalue weighted by Gasteiger charge is 2.38. The minimum Gasteiger partial charge on any atom is -0.510 e. The summed E-state index contributed by atoms with van der Waals surface area (Å²) in [6.07, 6.45) is 8.45. The van der Waals surface area contributed by atoms with Crippen LogP contribution < -0.4 is 0 Å². The lowest BCUT2D eigenvalue weighted by molar-refractivity contribution is -0.139. The van der Waals surface area contributed by atoms with E-state index in [1.54, 1.807) is 13.0 Å².